The third kappa shape index (κ3) is 3.83. The van der Waals surface area contributed by atoms with E-state index in [1.807, 2.05) is 38.1 Å². The monoisotopic (exact) mass is 240 g/mol. The lowest BCUT2D eigenvalue weighted by atomic mass is 10.1. The van der Waals surface area contributed by atoms with Gasteiger partial charge < -0.3 is 10.6 Å². The summed E-state index contributed by atoms with van der Waals surface area (Å²) in [5.41, 5.74) is 0.939. The first kappa shape index (κ1) is 13.0. The summed E-state index contributed by atoms with van der Waals surface area (Å²) >= 11 is 6.04. The highest BCUT2D eigenvalue weighted by atomic mass is 35.5. The first-order valence-electron chi connectivity index (χ1n) is 5.39. The fourth-order valence-corrected chi connectivity index (χ4v) is 1.73. The Hall–Kier alpha value is -1.06. The molecule has 0 saturated heterocycles. The van der Waals surface area contributed by atoms with Crippen molar-refractivity contribution >= 4 is 17.5 Å². The average Bonchev–Trinajstić information content (AvgIpc) is 2.26. The number of carbonyl (C=O) groups is 1. The molecular formula is C12H17ClN2O. The summed E-state index contributed by atoms with van der Waals surface area (Å²) < 4.78 is 0. The van der Waals surface area contributed by atoms with Crippen LogP contribution >= 0.6 is 11.6 Å². The normalized spacial score (nSPS) is 12.2. The highest BCUT2D eigenvalue weighted by Crippen LogP contribution is 2.21. The highest BCUT2D eigenvalue weighted by molar-refractivity contribution is 6.31. The Bertz CT molecular complexity index is 355. The number of nitrogens with one attached hydrogen (secondary N) is 2. The standard InChI is InChI=1S/C12H17ClN2O/c1-3-14-8-12(16)15-9(2)10-6-4-5-7-11(10)13/h4-7,9,14H,3,8H2,1-2H3,(H,15,16)/t9-/m0/s1. The smallest absolute Gasteiger partial charge is 0.234 e. The number of likely N-dealkylation sites (N-methyl/N-ethyl adjacent to an activating group) is 1. The van der Waals surface area contributed by atoms with Gasteiger partial charge in [0.15, 0.2) is 0 Å². The van der Waals surface area contributed by atoms with Gasteiger partial charge in [0, 0.05) is 5.02 Å². The maximum Gasteiger partial charge on any atom is 0.234 e. The number of benzene rings is 1. The summed E-state index contributed by atoms with van der Waals surface area (Å²) in [5.74, 6) is -0.0192. The van der Waals surface area contributed by atoms with Gasteiger partial charge in [-0.25, -0.2) is 0 Å². The average molecular weight is 241 g/mol. The van der Waals surface area contributed by atoms with Crippen molar-refractivity contribution in [1.82, 2.24) is 10.6 Å². The van der Waals surface area contributed by atoms with Crippen molar-refractivity contribution in [3.05, 3.63) is 34.9 Å². The molecule has 3 nitrogen and oxygen atoms in total. The van der Waals surface area contributed by atoms with Gasteiger partial charge in [-0.2, -0.15) is 0 Å². The Labute approximate surface area is 101 Å². The summed E-state index contributed by atoms with van der Waals surface area (Å²) in [6.45, 7) is 5.01. The van der Waals surface area contributed by atoms with E-state index in [1.54, 1.807) is 0 Å². The van der Waals surface area contributed by atoms with Crippen LogP contribution in [0.5, 0.6) is 0 Å². The van der Waals surface area contributed by atoms with Crippen molar-refractivity contribution < 1.29 is 4.79 Å². The van der Waals surface area contributed by atoms with Crippen molar-refractivity contribution in [2.75, 3.05) is 13.1 Å². The van der Waals surface area contributed by atoms with Crippen LogP contribution in [0.3, 0.4) is 0 Å². The van der Waals surface area contributed by atoms with Crippen LogP contribution in [0.2, 0.25) is 5.02 Å². The first-order chi connectivity index (χ1) is 7.65. The van der Waals surface area contributed by atoms with Gasteiger partial charge in [-0.1, -0.05) is 36.7 Å². The Balaban J connectivity index is 2.55. The lowest BCUT2D eigenvalue weighted by molar-refractivity contribution is -0.120. The van der Waals surface area contributed by atoms with Crippen LogP contribution in [0.4, 0.5) is 0 Å². The van der Waals surface area contributed by atoms with Crippen LogP contribution in [0.25, 0.3) is 0 Å². The summed E-state index contributed by atoms with van der Waals surface area (Å²) in [7, 11) is 0. The van der Waals surface area contributed by atoms with Gasteiger partial charge >= 0.3 is 0 Å². The molecule has 1 aromatic carbocycles. The summed E-state index contributed by atoms with van der Waals surface area (Å²) in [6, 6.07) is 7.46. The van der Waals surface area contributed by atoms with Crippen molar-refractivity contribution in [2.24, 2.45) is 0 Å². The third-order valence-electron chi connectivity index (χ3n) is 2.28. The molecule has 1 rings (SSSR count). The lowest BCUT2D eigenvalue weighted by Crippen LogP contribution is -2.35. The van der Waals surface area contributed by atoms with Crippen molar-refractivity contribution in [2.45, 2.75) is 19.9 Å². The summed E-state index contributed by atoms with van der Waals surface area (Å²) in [5, 5.41) is 6.54. The number of halogens is 1. The van der Waals surface area contributed by atoms with Crippen LogP contribution in [0.1, 0.15) is 25.5 Å². The van der Waals surface area contributed by atoms with E-state index >= 15 is 0 Å². The van der Waals surface area contributed by atoms with Crippen molar-refractivity contribution in [3.8, 4) is 0 Å². The second-order valence-corrected chi connectivity index (χ2v) is 4.00. The minimum absolute atomic E-state index is 0.0192. The van der Waals surface area contributed by atoms with Crippen LogP contribution in [0, 0.1) is 0 Å². The molecule has 0 bridgehead atoms. The topological polar surface area (TPSA) is 41.1 Å². The predicted molar refractivity (Wildman–Crippen MR) is 66.6 cm³/mol. The second kappa shape index (κ2) is 6.51. The van der Waals surface area contributed by atoms with E-state index in [1.165, 1.54) is 0 Å². The molecule has 0 aliphatic heterocycles. The lowest BCUT2D eigenvalue weighted by Gasteiger charge is -2.15. The largest absolute Gasteiger partial charge is 0.348 e. The van der Waals surface area contributed by atoms with Crippen LogP contribution in [0.15, 0.2) is 24.3 Å². The van der Waals surface area contributed by atoms with E-state index in [4.69, 9.17) is 11.6 Å². The van der Waals surface area contributed by atoms with Crippen LogP contribution in [-0.4, -0.2) is 19.0 Å². The molecule has 0 heterocycles. The molecule has 1 amide bonds. The molecule has 0 fully saturated rings. The molecule has 0 unspecified atom stereocenters. The molecule has 1 aromatic rings. The molecule has 0 aliphatic carbocycles. The van der Waals surface area contributed by atoms with Gasteiger partial charge in [0.05, 0.1) is 12.6 Å². The second-order valence-electron chi connectivity index (χ2n) is 3.59. The molecule has 0 aromatic heterocycles. The van der Waals surface area contributed by atoms with Crippen molar-refractivity contribution in [1.29, 1.82) is 0 Å². The molecule has 0 aliphatic rings. The molecule has 88 valence electrons. The SMILES string of the molecule is CCNCC(=O)N[C@@H](C)c1ccccc1Cl. The fraction of sp³-hybridized carbons (Fsp3) is 0.417. The van der Waals surface area contributed by atoms with E-state index < -0.39 is 0 Å². The number of amides is 1. The van der Waals surface area contributed by atoms with Gasteiger partial charge in [-0.05, 0) is 25.1 Å². The van der Waals surface area contributed by atoms with Crippen LogP contribution < -0.4 is 10.6 Å². The molecule has 2 N–H and O–H groups in total. The minimum Gasteiger partial charge on any atom is -0.348 e. The Morgan fingerprint density at radius 1 is 1.44 bits per heavy atom. The maximum atomic E-state index is 11.5. The molecule has 1 atom stereocenters. The Kier molecular flexibility index (Phi) is 5.29. The van der Waals surface area contributed by atoms with Gasteiger partial charge in [0.2, 0.25) is 5.91 Å². The summed E-state index contributed by atoms with van der Waals surface area (Å²) in [6.07, 6.45) is 0. The van der Waals surface area contributed by atoms with E-state index in [0.29, 0.717) is 11.6 Å². The molecule has 4 heteroatoms. The maximum absolute atomic E-state index is 11.5. The number of hydrogen-bond donors (Lipinski definition) is 2. The molecule has 0 spiro atoms. The van der Waals surface area contributed by atoms with E-state index in [0.717, 1.165) is 12.1 Å². The quantitative estimate of drug-likeness (QED) is 0.828. The van der Waals surface area contributed by atoms with E-state index in [-0.39, 0.29) is 11.9 Å². The molecule has 0 radical (unpaired) electrons. The number of rotatable bonds is 5. The zero-order chi connectivity index (χ0) is 12.0. The first-order valence-corrected chi connectivity index (χ1v) is 5.77. The Morgan fingerprint density at radius 3 is 2.75 bits per heavy atom. The predicted octanol–water partition coefficient (Wildman–Crippen LogP) is 2.13. The zero-order valence-electron chi connectivity index (χ0n) is 9.59. The minimum atomic E-state index is -0.0696. The van der Waals surface area contributed by atoms with Crippen molar-refractivity contribution in [3.63, 3.8) is 0 Å². The number of carbonyl (C=O) groups excluding carboxylic acids is 1. The number of hydrogen-bond acceptors (Lipinski definition) is 2. The van der Waals surface area contributed by atoms with Gasteiger partial charge in [0.25, 0.3) is 0 Å². The highest BCUT2D eigenvalue weighted by Gasteiger charge is 2.11. The van der Waals surface area contributed by atoms with E-state index in [2.05, 4.69) is 10.6 Å². The zero-order valence-corrected chi connectivity index (χ0v) is 10.3. The Morgan fingerprint density at radius 2 is 2.12 bits per heavy atom. The fourth-order valence-electron chi connectivity index (χ4n) is 1.44. The van der Waals surface area contributed by atoms with Crippen LogP contribution in [-0.2, 0) is 4.79 Å². The molecule has 16 heavy (non-hydrogen) atoms. The van der Waals surface area contributed by atoms with Gasteiger partial charge in [-0.15, -0.1) is 0 Å². The molecule has 0 saturated carbocycles. The summed E-state index contributed by atoms with van der Waals surface area (Å²) in [4.78, 5) is 11.5. The third-order valence-corrected chi connectivity index (χ3v) is 2.63. The van der Waals surface area contributed by atoms with E-state index in [9.17, 15) is 4.79 Å². The van der Waals surface area contributed by atoms with Gasteiger partial charge in [0.1, 0.15) is 0 Å². The molecular weight excluding hydrogens is 224 g/mol. The van der Waals surface area contributed by atoms with Gasteiger partial charge in [-0.3, -0.25) is 4.79 Å².